The number of aliphatic hydroxyl groups excluding tert-OH is 5. The Bertz CT molecular complexity index is 782. The number of carbonyl (C=O) groups is 2. The van der Waals surface area contributed by atoms with Crippen LogP contribution >= 0.6 is 7.82 Å². The molecule has 0 amide bonds. The van der Waals surface area contributed by atoms with Gasteiger partial charge in [0.15, 0.2) is 6.10 Å². The van der Waals surface area contributed by atoms with E-state index in [0.29, 0.717) is 6.42 Å². The lowest BCUT2D eigenvalue weighted by molar-refractivity contribution is -0.220. The highest BCUT2D eigenvalue weighted by Crippen LogP contribution is 2.47. The maximum Gasteiger partial charge on any atom is 0.472 e. The molecule has 1 rings (SSSR count). The Morgan fingerprint density at radius 3 is 1.60 bits per heavy atom. The normalized spacial score (nSPS) is 26.4. The predicted molar refractivity (Wildman–Crippen MR) is 152 cm³/mol. The summed E-state index contributed by atoms with van der Waals surface area (Å²) >= 11 is 0. The standard InChI is InChI=1S/C28H53O13P/c1-3-5-6-7-8-9-10-11-12-13-14-15-16-17-22(30)40-20(18-38-21(29)4-2)19-39-42(36,37)41-28-26(34)24(32)23(31)25(33)27(28)35/h20,23-28,31-35H,3-19H2,1-2H3,(H,36,37). The molecule has 0 bridgehead atoms. The molecule has 0 aromatic rings. The van der Waals surface area contributed by atoms with E-state index in [9.17, 15) is 44.6 Å². The van der Waals surface area contributed by atoms with Crippen LogP contribution in [0.15, 0.2) is 0 Å². The fraction of sp³-hybridized carbons (Fsp3) is 0.929. The average Bonchev–Trinajstić information content (AvgIpc) is 2.96. The first-order valence-electron chi connectivity index (χ1n) is 15.3. The van der Waals surface area contributed by atoms with E-state index in [1.165, 1.54) is 51.4 Å². The van der Waals surface area contributed by atoms with Crippen molar-refractivity contribution in [3.05, 3.63) is 0 Å². The van der Waals surface area contributed by atoms with Crippen molar-refractivity contribution in [1.82, 2.24) is 0 Å². The SMILES string of the molecule is CCCCCCCCCCCCCCCC(=O)OC(COC(=O)CC)COP(=O)(O)OC1C(O)C(O)C(O)C(O)C1O. The zero-order valence-corrected chi connectivity index (χ0v) is 25.9. The van der Waals surface area contributed by atoms with E-state index in [4.69, 9.17) is 18.5 Å². The van der Waals surface area contributed by atoms with Gasteiger partial charge >= 0.3 is 19.8 Å². The maximum absolute atomic E-state index is 12.5. The third-order valence-electron chi connectivity index (χ3n) is 7.25. The molecule has 0 aromatic carbocycles. The molecule has 42 heavy (non-hydrogen) atoms. The molecular formula is C28H53O13P. The van der Waals surface area contributed by atoms with Gasteiger partial charge in [-0.2, -0.15) is 0 Å². The lowest BCUT2D eigenvalue weighted by atomic mass is 9.85. The van der Waals surface area contributed by atoms with Crippen LogP contribution in [0.1, 0.15) is 110 Å². The van der Waals surface area contributed by atoms with Crippen molar-refractivity contribution < 1.29 is 63.1 Å². The van der Waals surface area contributed by atoms with Gasteiger partial charge in [-0.15, -0.1) is 0 Å². The molecule has 0 aliphatic heterocycles. The lowest BCUT2D eigenvalue weighted by Gasteiger charge is -2.41. The molecule has 0 radical (unpaired) electrons. The Labute approximate surface area is 249 Å². The van der Waals surface area contributed by atoms with E-state index in [2.05, 4.69) is 6.92 Å². The summed E-state index contributed by atoms with van der Waals surface area (Å²) in [5.41, 5.74) is 0. The molecule has 6 N–H and O–H groups in total. The molecule has 1 fully saturated rings. The third kappa shape index (κ3) is 15.5. The predicted octanol–water partition coefficient (Wildman–Crippen LogP) is 2.65. The van der Waals surface area contributed by atoms with Gasteiger partial charge in [0.1, 0.15) is 43.2 Å². The molecule has 248 valence electrons. The third-order valence-corrected chi connectivity index (χ3v) is 8.24. The summed E-state index contributed by atoms with van der Waals surface area (Å²) in [6.45, 7) is 2.59. The summed E-state index contributed by atoms with van der Waals surface area (Å²) in [5.74, 6) is -1.20. The highest BCUT2D eigenvalue weighted by atomic mass is 31.2. The van der Waals surface area contributed by atoms with Crippen molar-refractivity contribution in [2.45, 2.75) is 153 Å². The van der Waals surface area contributed by atoms with Gasteiger partial charge in [-0.25, -0.2) is 4.57 Å². The second-order valence-electron chi connectivity index (χ2n) is 10.9. The second-order valence-corrected chi connectivity index (χ2v) is 12.3. The van der Waals surface area contributed by atoms with E-state index >= 15 is 0 Å². The highest BCUT2D eigenvalue weighted by molar-refractivity contribution is 7.47. The minimum Gasteiger partial charge on any atom is -0.462 e. The van der Waals surface area contributed by atoms with Gasteiger partial charge in [0, 0.05) is 12.8 Å². The summed E-state index contributed by atoms with van der Waals surface area (Å²) in [6, 6.07) is 0. The van der Waals surface area contributed by atoms with Gasteiger partial charge in [-0.1, -0.05) is 90.9 Å². The molecule has 6 unspecified atom stereocenters. The number of carbonyl (C=O) groups excluding carboxylic acids is 2. The van der Waals surface area contributed by atoms with Crippen LogP contribution in [-0.2, 0) is 32.7 Å². The minimum absolute atomic E-state index is 0.0516. The Kier molecular flexibility index (Phi) is 19.9. The smallest absolute Gasteiger partial charge is 0.462 e. The Balaban J connectivity index is 2.42. The number of phosphoric acid groups is 1. The monoisotopic (exact) mass is 628 g/mol. The number of hydrogen-bond donors (Lipinski definition) is 6. The van der Waals surface area contributed by atoms with Crippen LogP contribution in [0.3, 0.4) is 0 Å². The highest BCUT2D eigenvalue weighted by Gasteiger charge is 2.51. The van der Waals surface area contributed by atoms with Crippen LogP contribution in [0.25, 0.3) is 0 Å². The van der Waals surface area contributed by atoms with Crippen molar-refractivity contribution in [1.29, 1.82) is 0 Å². The molecule has 0 saturated heterocycles. The first kappa shape index (κ1) is 38.9. The topological polar surface area (TPSA) is 210 Å². The zero-order chi connectivity index (χ0) is 31.5. The van der Waals surface area contributed by atoms with Crippen molar-refractivity contribution in [2.24, 2.45) is 0 Å². The van der Waals surface area contributed by atoms with Gasteiger partial charge in [0.2, 0.25) is 0 Å². The molecule has 0 aromatic heterocycles. The van der Waals surface area contributed by atoms with Crippen LogP contribution in [0.2, 0.25) is 0 Å². The van der Waals surface area contributed by atoms with Crippen molar-refractivity contribution >= 4 is 19.8 Å². The molecule has 1 aliphatic carbocycles. The van der Waals surface area contributed by atoms with Crippen molar-refractivity contribution in [2.75, 3.05) is 13.2 Å². The van der Waals surface area contributed by atoms with Gasteiger partial charge < -0.3 is 39.9 Å². The minimum atomic E-state index is -5.07. The summed E-state index contributed by atoms with van der Waals surface area (Å²) in [6.07, 6.45) is 1.98. The molecule has 14 heteroatoms. The van der Waals surface area contributed by atoms with E-state index in [0.717, 1.165) is 25.7 Å². The molecule has 1 saturated carbocycles. The summed E-state index contributed by atoms with van der Waals surface area (Å²) in [4.78, 5) is 34.0. The first-order valence-corrected chi connectivity index (χ1v) is 16.8. The molecular weight excluding hydrogens is 575 g/mol. The van der Waals surface area contributed by atoms with E-state index in [1.807, 2.05) is 0 Å². The Morgan fingerprint density at radius 1 is 0.667 bits per heavy atom. The van der Waals surface area contributed by atoms with E-state index in [-0.39, 0.29) is 12.8 Å². The van der Waals surface area contributed by atoms with Crippen LogP contribution in [0.5, 0.6) is 0 Å². The lowest BCUT2D eigenvalue weighted by Crippen LogP contribution is -2.64. The van der Waals surface area contributed by atoms with E-state index < -0.39 is 75.7 Å². The van der Waals surface area contributed by atoms with Gasteiger partial charge in [-0.3, -0.25) is 18.6 Å². The zero-order valence-electron chi connectivity index (χ0n) is 25.1. The number of aliphatic hydroxyl groups is 5. The van der Waals surface area contributed by atoms with E-state index in [1.54, 1.807) is 6.92 Å². The molecule has 1 aliphatic rings. The van der Waals surface area contributed by atoms with Gasteiger partial charge in [-0.05, 0) is 6.42 Å². The van der Waals surface area contributed by atoms with Gasteiger partial charge in [0.05, 0.1) is 6.61 Å². The van der Waals surface area contributed by atoms with Crippen LogP contribution < -0.4 is 0 Å². The summed E-state index contributed by atoms with van der Waals surface area (Å²) in [7, 11) is -5.07. The largest absolute Gasteiger partial charge is 0.472 e. The second kappa shape index (κ2) is 21.5. The number of esters is 2. The van der Waals surface area contributed by atoms with Gasteiger partial charge in [0.25, 0.3) is 0 Å². The summed E-state index contributed by atoms with van der Waals surface area (Å²) in [5, 5.41) is 49.3. The van der Waals surface area contributed by atoms with Crippen LogP contribution in [0, 0.1) is 0 Å². The summed E-state index contributed by atoms with van der Waals surface area (Å²) < 4.78 is 32.4. The number of ether oxygens (including phenoxy) is 2. The quantitative estimate of drug-likeness (QED) is 0.0547. The Morgan fingerprint density at radius 2 is 1.12 bits per heavy atom. The van der Waals surface area contributed by atoms with Crippen LogP contribution in [0.4, 0.5) is 0 Å². The van der Waals surface area contributed by atoms with Crippen molar-refractivity contribution in [3.63, 3.8) is 0 Å². The van der Waals surface area contributed by atoms with Crippen LogP contribution in [-0.4, -0.2) is 98.3 Å². The molecule has 13 nitrogen and oxygen atoms in total. The van der Waals surface area contributed by atoms with Crippen molar-refractivity contribution in [3.8, 4) is 0 Å². The number of phosphoric ester groups is 1. The number of hydrogen-bond acceptors (Lipinski definition) is 12. The average molecular weight is 629 g/mol. The molecule has 6 atom stereocenters. The number of unbranched alkanes of at least 4 members (excludes halogenated alkanes) is 12. The fourth-order valence-electron chi connectivity index (χ4n) is 4.62. The maximum atomic E-state index is 12.5. The molecule has 0 heterocycles. The number of rotatable bonds is 23. The fourth-order valence-corrected chi connectivity index (χ4v) is 5.59. The Hall–Kier alpha value is -1.15. The molecule has 0 spiro atoms. The first-order chi connectivity index (χ1) is 19.9.